The maximum absolute atomic E-state index is 4.37. The van der Waals surface area contributed by atoms with Crippen molar-refractivity contribution in [2.45, 2.75) is 32.4 Å². The standard InChI is InChI=1S/C15H15BrN4S/c16-14-9-20-11(6-19-15(20)8-18-14)5-17-7-12-4-10-2-1-3-13(10)21-12/h4,6,8-9,17H,1-3,5,7H2. The molecule has 0 amide bonds. The van der Waals surface area contributed by atoms with Gasteiger partial charge in [0, 0.05) is 29.0 Å². The maximum atomic E-state index is 4.37. The summed E-state index contributed by atoms with van der Waals surface area (Å²) in [4.78, 5) is 11.6. The summed E-state index contributed by atoms with van der Waals surface area (Å²) < 4.78 is 2.89. The highest BCUT2D eigenvalue weighted by atomic mass is 79.9. The van der Waals surface area contributed by atoms with Gasteiger partial charge in [-0.05, 0) is 46.8 Å². The molecule has 0 fully saturated rings. The van der Waals surface area contributed by atoms with E-state index >= 15 is 0 Å². The van der Waals surface area contributed by atoms with Crippen molar-refractivity contribution in [3.05, 3.63) is 50.3 Å². The highest BCUT2D eigenvalue weighted by Crippen LogP contribution is 2.30. The second kappa shape index (κ2) is 5.51. The van der Waals surface area contributed by atoms with E-state index in [1.54, 1.807) is 16.6 Å². The molecule has 1 aliphatic rings. The number of nitrogens with zero attached hydrogens (tertiary/aromatic N) is 3. The van der Waals surface area contributed by atoms with Crippen molar-refractivity contribution in [1.29, 1.82) is 0 Å². The molecule has 108 valence electrons. The predicted molar refractivity (Wildman–Crippen MR) is 87.6 cm³/mol. The molecular formula is C15H15BrN4S. The highest BCUT2D eigenvalue weighted by molar-refractivity contribution is 9.10. The number of nitrogens with one attached hydrogen (secondary N) is 1. The van der Waals surface area contributed by atoms with E-state index in [4.69, 9.17) is 0 Å². The van der Waals surface area contributed by atoms with Crippen molar-refractivity contribution < 1.29 is 0 Å². The number of hydrogen-bond acceptors (Lipinski definition) is 4. The molecule has 0 radical (unpaired) electrons. The molecule has 1 N–H and O–H groups in total. The Hall–Kier alpha value is -1.24. The lowest BCUT2D eigenvalue weighted by molar-refractivity contribution is 0.681. The van der Waals surface area contributed by atoms with Crippen molar-refractivity contribution in [3.8, 4) is 0 Å². The summed E-state index contributed by atoms with van der Waals surface area (Å²) in [5, 5.41) is 3.52. The average molecular weight is 363 g/mol. The van der Waals surface area contributed by atoms with Gasteiger partial charge in [0.25, 0.3) is 0 Å². The average Bonchev–Trinajstić information content (AvgIpc) is 3.13. The Morgan fingerprint density at radius 2 is 2.19 bits per heavy atom. The number of aryl methyl sites for hydroxylation is 2. The Kier molecular flexibility index (Phi) is 3.52. The molecule has 3 heterocycles. The fourth-order valence-corrected chi connectivity index (χ4v) is 4.38. The topological polar surface area (TPSA) is 42.2 Å². The number of thiophene rings is 1. The Morgan fingerprint density at radius 1 is 1.24 bits per heavy atom. The third-order valence-electron chi connectivity index (χ3n) is 3.84. The molecule has 4 nitrogen and oxygen atoms in total. The van der Waals surface area contributed by atoms with E-state index in [2.05, 4.69) is 41.7 Å². The largest absolute Gasteiger partial charge is 0.306 e. The molecule has 6 heteroatoms. The van der Waals surface area contributed by atoms with Crippen LogP contribution in [-0.4, -0.2) is 14.4 Å². The fourth-order valence-electron chi connectivity index (χ4n) is 2.84. The second-order valence-electron chi connectivity index (χ2n) is 5.31. The van der Waals surface area contributed by atoms with E-state index in [0.29, 0.717) is 0 Å². The summed E-state index contributed by atoms with van der Waals surface area (Å²) in [5.74, 6) is 0. The number of halogens is 1. The van der Waals surface area contributed by atoms with Crippen LogP contribution in [0.25, 0.3) is 5.65 Å². The number of aromatic nitrogens is 3. The Bertz CT molecular complexity index is 771. The molecule has 0 spiro atoms. The van der Waals surface area contributed by atoms with Gasteiger partial charge < -0.3 is 5.32 Å². The van der Waals surface area contributed by atoms with Crippen LogP contribution < -0.4 is 5.32 Å². The molecule has 3 aromatic heterocycles. The van der Waals surface area contributed by atoms with Crippen LogP contribution >= 0.6 is 27.3 Å². The van der Waals surface area contributed by atoms with E-state index in [1.165, 1.54) is 24.1 Å². The molecule has 0 saturated heterocycles. The van der Waals surface area contributed by atoms with Crippen LogP contribution in [0.3, 0.4) is 0 Å². The second-order valence-corrected chi connectivity index (χ2v) is 7.34. The first-order valence-corrected chi connectivity index (χ1v) is 8.69. The fraction of sp³-hybridized carbons (Fsp3) is 0.333. The molecule has 0 bridgehead atoms. The molecule has 0 saturated carbocycles. The van der Waals surface area contributed by atoms with Crippen LogP contribution in [-0.2, 0) is 25.9 Å². The minimum absolute atomic E-state index is 0.806. The van der Waals surface area contributed by atoms with Gasteiger partial charge in [0.1, 0.15) is 4.60 Å². The number of fused-ring (bicyclic) bond motifs is 2. The molecule has 4 rings (SSSR count). The molecule has 0 unspecified atom stereocenters. The Morgan fingerprint density at radius 3 is 3.10 bits per heavy atom. The van der Waals surface area contributed by atoms with Gasteiger partial charge in [0.15, 0.2) is 5.65 Å². The zero-order chi connectivity index (χ0) is 14.2. The molecule has 0 aliphatic heterocycles. The van der Waals surface area contributed by atoms with Gasteiger partial charge >= 0.3 is 0 Å². The first-order valence-electron chi connectivity index (χ1n) is 7.08. The van der Waals surface area contributed by atoms with Gasteiger partial charge in [0.2, 0.25) is 0 Å². The summed E-state index contributed by atoms with van der Waals surface area (Å²) in [7, 11) is 0. The summed E-state index contributed by atoms with van der Waals surface area (Å²) >= 11 is 5.37. The quantitative estimate of drug-likeness (QED) is 0.773. The minimum Gasteiger partial charge on any atom is -0.306 e. The zero-order valence-electron chi connectivity index (χ0n) is 11.5. The molecule has 0 atom stereocenters. The van der Waals surface area contributed by atoms with E-state index in [1.807, 2.05) is 23.7 Å². The van der Waals surface area contributed by atoms with Crippen molar-refractivity contribution in [2.75, 3.05) is 0 Å². The first kappa shape index (κ1) is 13.4. The first-order chi connectivity index (χ1) is 10.3. The smallest absolute Gasteiger partial charge is 0.155 e. The van der Waals surface area contributed by atoms with Crippen molar-refractivity contribution in [2.24, 2.45) is 0 Å². The molecule has 3 aromatic rings. The number of rotatable bonds is 4. The molecule has 21 heavy (non-hydrogen) atoms. The third kappa shape index (κ3) is 2.63. The van der Waals surface area contributed by atoms with Crippen molar-refractivity contribution in [3.63, 3.8) is 0 Å². The monoisotopic (exact) mass is 362 g/mol. The highest BCUT2D eigenvalue weighted by Gasteiger charge is 2.14. The summed E-state index contributed by atoms with van der Waals surface area (Å²) in [6, 6.07) is 2.37. The summed E-state index contributed by atoms with van der Waals surface area (Å²) in [5.41, 5.74) is 3.60. The lowest BCUT2D eigenvalue weighted by Crippen LogP contribution is -2.13. The van der Waals surface area contributed by atoms with Gasteiger partial charge in [-0.3, -0.25) is 4.40 Å². The molecular weight excluding hydrogens is 348 g/mol. The van der Waals surface area contributed by atoms with Crippen LogP contribution in [0.2, 0.25) is 0 Å². The van der Waals surface area contributed by atoms with Crippen LogP contribution in [0, 0.1) is 0 Å². The van der Waals surface area contributed by atoms with Crippen molar-refractivity contribution in [1.82, 2.24) is 19.7 Å². The van der Waals surface area contributed by atoms with Crippen LogP contribution in [0.15, 0.2) is 29.3 Å². The lowest BCUT2D eigenvalue weighted by atomic mass is 10.2. The minimum atomic E-state index is 0.806. The third-order valence-corrected chi connectivity index (χ3v) is 5.49. The van der Waals surface area contributed by atoms with Gasteiger partial charge in [-0.25, -0.2) is 9.97 Å². The van der Waals surface area contributed by atoms with Crippen LogP contribution in [0.1, 0.15) is 27.4 Å². The van der Waals surface area contributed by atoms with Gasteiger partial charge in [0.05, 0.1) is 18.1 Å². The van der Waals surface area contributed by atoms with E-state index in [-0.39, 0.29) is 0 Å². The van der Waals surface area contributed by atoms with Gasteiger partial charge in [-0.2, -0.15) is 0 Å². The number of imidazole rings is 1. The predicted octanol–water partition coefficient (Wildman–Crippen LogP) is 3.33. The summed E-state index contributed by atoms with van der Waals surface area (Å²) in [6.45, 7) is 1.73. The van der Waals surface area contributed by atoms with E-state index in [9.17, 15) is 0 Å². The van der Waals surface area contributed by atoms with Gasteiger partial charge in [-0.15, -0.1) is 11.3 Å². The Labute approximate surface area is 135 Å². The molecule has 1 aliphatic carbocycles. The van der Waals surface area contributed by atoms with E-state index < -0.39 is 0 Å². The van der Waals surface area contributed by atoms with E-state index in [0.717, 1.165) is 29.0 Å². The van der Waals surface area contributed by atoms with Crippen LogP contribution in [0.4, 0.5) is 0 Å². The lowest BCUT2D eigenvalue weighted by Gasteiger charge is -2.04. The van der Waals surface area contributed by atoms with Crippen LogP contribution in [0.5, 0.6) is 0 Å². The van der Waals surface area contributed by atoms with Gasteiger partial charge in [-0.1, -0.05) is 0 Å². The zero-order valence-corrected chi connectivity index (χ0v) is 13.9. The van der Waals surface area contributed by atoms with Crippen molar-refractivity contribution >= 4 is 32.9 Å². The molecule has 0 aromatic carbocycles. The maximum Gasteiger partial charge on any atom is 0.155 e. The normalized spacial score (nSPS) is 14.0. The SMILES string of the molecule is Brc1cn2c(CNCc3cc4c(s3)CCC4)cnc2cn1. The number of hydrogen-bond donors (Lipinski definition) is 1. The Balaban J connectivity index is 1.44. The summed E-state index contributed by atoms with van der Waals surface area (Å²) in [6.07, 6.45) is 9.51.